The molecule has 0 N–H and O–H groups in total. The summed E-state index contributed by atoms with van der Waals surface area (Å²) in [4.78, 5) is 0. The summed E-state index contributed by atoms with van der Waals surface area (Å²) in [6.07, 6.45) is 9.26. The first-order valence-electron chi connectivity index (χ1n) is 12.1. The lowest BCUT2D eigenvalue weighted by molar-refractivity contribution is -0.0314. The van der Waals surface area contributed by atoms with E-state index in [4.69, 9.17) is 14.2 Å². The fourth-order valence-electron chi connectivity index (χ4n) is 3.98. The van der Waals surface area contributed by atoms with Crippen molar-refractivity contribution in [1.29, 1.82) is 0 Å². The standard InChI is InChI=1S/C27H36F2O3/c1-3-5-7-8-22-12-9-20(18-31-22)19-32-23-13-10-21(11-14-23)24-15-16-25(27(29)26(24)28)30-17-6-4-2/h10-11,13-16,20,22H,3-9,12,17-19H2,1-2H3. The van der Waals surface area contributed by atoms with Gasteiger partial charge in [-0.1, -0.05) is 51.7 Å². The Balaban J connectivity index is 1.50. The maximum atomic E-state index is 14.6. The Morgan fingerprint density at radius 3 is 2.34 bits per heavy atom. The number of halogens is 2. The van der Waals surface area contributed by atoms with Crippen LogP contribution in [0.4, 0.5) is 8.78 Å². The van der Waals surface area contributed by atoms with Gasteiger partial charge in [-0.25, -0.2) is 4.39 Å². The van der Waals surface area contributed by atoms with Gasteiger partial charge < -0.3 is 14.2 Å². The summed E-state index contributed by atoms with van der Waals surface area (Å²) < 4.78 is 46.2. The van der Waals surface area contributed by atoms with Gasteiger partial charge in [-0.3, -0.25) is 0 Å². The van der Waals surface area contributed by atoms with Crippen LogP contribution in [0.15, 0.2) is 36.4 Å². The predicted molar refractivity (Wildman–Crippen MR) is 124 cm³/mol. The van der Waals surface area contributed by atoms with E-state index in [1.807, 2.05) is 6.92 Å². The minimum Gasteiger partial charge on any atom is -0.493 e. The molecule has 2 atom stereocenters. The molecule has 32 heavy (non-hydrogen) atoms. The van der Waals surface area contributed by atoms with Crippen molar-refractivity contribution in [3.63, 3.8) is 0 Å². The summed E-state index contributed by atoms with van der Waals surface area (Å²) in [6, 6.07) is 10.2. The van der Waals surface area contributed by atoms with Crippen LogP contribution in [-0.4, -0.2) is 25.9 Å². The van der Waals surface area contributed by atoms with E-state index in [2.05, 4.69) is 6.92 Å². The Bertz CT molecular complexity index is 814. The average Bonchev–Trinajstić information content (AvgIpc) is 2.82. The zero-order valence-corrected chi connectivity index (χ0v) is 19.4. The van der Waals surface area contributed by atoms with Crippen molar-refractivity contribution in [3.8, 4) is 22.6 Å². The SMILES string of the molecule is CCCCCC1CCC(COc2ccc(-c3ccc(OCCCC)c(F)c3F)cc2)CO1. The zero-order chi connectivity index (χ0) is 22.8. The van der Waals surface area contributed by atoms with Gasteiger partial charge >= 0.3 is 0 Å². The summed E-state index contributed by atoms with van der Waals surface area (Å²) in [6.45, 7) is 5.96. The van der Waals surface area contributed by atoms with Crippen LogP contribution in [0, 0.1) is 17.6 Å². The van der Waals surface area contributed by atoms with E-state index in [1.54, 1.807) is 30.3 Å². The number of rotatable bonds is 12. The Hall–Kier alpha value is -2.14. The van der Waals surface area contributed by atoms with Crippen LogP contribution in [0.1, 0.15) is 65.2 Å². The van der Waals surface area contributed by atoms with Gasteiger partial charge in [0, 0.05) is 11.5 Å². The summed E-state index contributed by atoms with van der Waals surface area (Å²) in [5.41, 5.74) is 0.816. The third kappa shape index (κ3) is 6.93. The lowest BCUT2D eigenvalue weighted by Gasteiger charge is -2.29. The molecule has 0 spiro atoms. The van der Waals surface area contributed by atoms with E-state index >= 15 is 0 Å². The van der Waals surface area contributed by atoms with Gasteiger partial charge in [0.25, 0.3) is 0 Å². The highest BCUT2D eigenvalue weighted by Gasteiger charge is 2.22. The molecule has 2 unspecified atom stereocenters. The summed E-state index contributed by atoms with van der Waals surface area (Å²) in [7, 11) is 0. The van der Waals surface area contributed by atoms with Crippen LogP contribution in [0.25, 0.3) is 11.1 Å². The zero-order valence-electron chi connectivity index (χ0n) is 19.4. The molecular formula is C27H36F2O3. The van der Waals surface area contributed by atoms with Crippen molar-refractivity contribution >= 4 is 0 Å². The first kappa shape index (κ1) is 24.5. The van der Waals surface area contributed by atoms with Crippen LogP contribution in [0.2, 0.25) is 0 Å². The van der Waals surface area contributed by atoms with E-state index in [0.717, 1.165) is 44.5 Å². The number of ether oxygens (including phenoxy) is 3. The lowest BCUT2D eigenvalue weighted by atomic mass is 9.96. The second-order valence-corrected chi connectivity index (χ2v) is 8.67. The molecule has 0 amide bonds. The minimum absolute atomic E-state index is 0.0399. The molecule has 0 aliphatic carbocycles. The molecule has 5 heteroatoms. The molecule has 1 fully saturated rings. The minimum atomic E-state index is -0.941. The van der Waals surface area contributed by atoms with Crippen LogP contribution >= 0.6 is 0 Å². The van der Waals surface area contributed by atoms with E-state index in [9.17, 15) is 8.78 Å². The first-order valence-corrected chi connectivity index (χ1v) is 12.1. The molecule has 2 aromatic carbocycles. The molecule has 0 aromatic heterocycles. The van der Waals surface area contributed by atoms with Crippen LogP contribution < -0.4 is 9.47 Å². The number of benzene rings is 2. The smallest absolute Gasteiger partial charge is 0.201 e. The average molecular weight is 447 g/mol. The third-order valence-electron chi connectivity index (χ3n) is 6.05. The molecule has 3 nitrogen and oxygen atoms in total. The van der Waals surface area contributed by atoms with Gasteiger partial charge in [-0.2, -0.15) is 4.39 Å². The van der Waals surface area contributed by atoms with Crippen molar-refractivity contribution in [2.75, 3.05) is 19.8 Å². The van der Waals surface area contributed by atoms with E-state index in [0.29, 0.717) is 30.8 Å². The van der Waals surface area contributed by atoms with Gasteiger partial charge in [0.15, 0.2) is 11.6 Å². The summed E-state index contributed by atoms with van der Waals surface area (Å²) in [5.74, 6) is -0.755. The highest BCUT2D eigenvalue weighted by atomic mass is 19.2. The Morgan fingerprint density at radius 1 is 0.875 bits per heavy atom. The molecule has 1 heterocycles. The van der Waals surface area contributed by atoms with Crippen molar-refractivity contribution in [2.24, 2.45) is 5.92 Å². The summed E-state index contributed by atoms with van der Waals surface area (Å²) in [5, 5.41) is 0. The van der Waals surface area contributed by atoms with Crippen molar-refractivity contribution in [1.82, 2.24) is 0 Å². The van der Waals surface area contributed by atoms with Crippen LogP contribution in [-0.2, 0) is 4.74 Å². The Labute approximate surface area is 191 Å². The fraction of sp³-hybridized carbons (Fsp3) is 0.556. The maximum absolute atomic E-state index is 14.6. The van der Waals surface area contributed by atoms with Gasteiger partial charge in [0.05, 0.1) is 25.9 Å². The molecule has 0 radical (unpaired) electrons. The molecule has 2 aromatic rings. The fourth-order valence-corrected chi connectivity index (χ4v) is 3.98. The second kappa shape index (κ2) is 12.8. The lowest BCUT2D eigenvalue weighted by Crippen LogP contribution is -2.29. The van der Waals surface area contributed by atoms with Gasteiger partial charge in [-0.05, 0) is 55.5 Å². The largest absolute Gasteiger partial charge is 0.493 e. The first-order chi connectivity index (χ1) is 15.6. The molecule has 0 saturated carbocycles. The normalized spacial score (nSPS) is 18.5. The molecule has 1 aliphatic rings. The van der Waals surface area contributed by atoms with Gasteiger partial charge in [0.1, 0.15) is 5.75 Å². The number of hydrogen-bond donors (Lipinski definition) is 0. The van der Waals surface area contributed by atoms with Crippen LogP contribution in [0.5, 0.6) is 11.5 Å². The maximum Gasteiger partial charge on any atom is 0.201 e. The summed E-state index contributed by atoms with van der Waals surface area (Å²) >= 11 is 0. The predicted octanol–water partition coefficient (Wildman–Crippen LogP) is 7.57. The topological polar surface area (TPSA) is 27.7 Å². The highest BCUT2D eigenvalue weighted by molar-refractivity contribution is 5.66. The third-order valence-corrected chi connectivity index (χ3v) is 6.05. The molecule has 3 rings (SSSR count). The Morgan fingerprint density at radius 2 is 1.66 bits per heavy atom. The van der Waals surface area contributed by atoms with E-state index in [1.165, 1.54) is 25.3 Å². The van der Waals surface area contributed by atoms with Crippen molar-refractivity contribution in [2.45, 2.75) is 71.3 Å². The van der Waals surface area contributed by atoms with E-state index in [-0.39, 0.29) is 11.3 Å². The van der Waals surface area contributed by atoms with Crippen molar-refractivity contribution in [3.05, 3.63) is 48.0 Å². The van der Waals surface area contributed by atoms with Gasteiger partial charge in [-0.15, -0.1) is 0 Å². The number of hydrogen-bond acceptors (Lipinski definition) is 3. The highest BCUT2D eigenvalue weighted by Crippen LogP contribution is 2.31. The monoisotopic (exact) mass is 446 g/mol. The molecule has 1 aliphatic heterocycles. The quantitative estimate of drug-likeness (QED) is 0.315. The Kier molecular flexibility index (Phi) is 9.79. The molecule has 0 bridgehead atoms. The van der Waals surface area contributed by atoms with Crippen molar-refractivity contribution < 1.29 is 23.0 Å². The second-order valence-electron chi connectivity index (χ2n) is 8.67. The van der Waals surface area contributed by atoms with E-state index < -0.39 is 11.6 Å². The van der Waals surface area contributed by atoms with Gasteiger partial charge in [0.2, 0.25) is 5.82 Å². The molecular weight excluding hydrogens is 410 g/mol. The molecule has 1 saturated heterocycles. The number of unbranched alkanes of at least 4 members (excludes halogenated alkanes) is 3. The van der Waals surface area contributed by atoms with Crippen LogP contribution in [0.3, 0.4) is 0 Å². The molecule has 176 valence electrons.